The van der Waals surface area contributed by atoms with Crippen LogP contribution in [-0.4, -0.2) is 76.3 Å². The van der Waals surface area contributed by atoms with Gasteiger partial charge >= 0.3 is 6.18 Å². The van der Waals surface area contributed by atoms with Crippen LogP contribution in [0.4, 0.5) is 13.2 Å². The van der Waals surface area contributed by atoms with Crippen LogP contribution in [0, 0.1) is 13.8 Å². The molecule has 0 amide bonds. The van der Waals surface area contributed by atoms with E-state index in [-0.39, 0.29) is 37.0 Å². The quantitative estimate of drug-likeness (QED) is 0.367. The molecule has 0 atom stereocenters. The van der Waals surface area contributed by atoms with E-state index in [9.17, 15) is 13.2 Å². The smallest absolute Gasteiger partial charge is 0.379 e. The van der Waals surface area contributed by atoms with Gasteiger partial charge in [0.1, 0.15) is 5.52 Å². The van der Waals surface area contributed by atoms with Gasteiger partial charge < -0.3 is 9.30 Å². The van der Waals surface area contributed by atoms with Crippen molar-refractivity contribution in [3.05, 3.63) is 64.6 Å². The SMILES string of the molecule is Cc1cc(C)c2nc(C(F)(F)F)n(Cc3ccc(/C=C/CN4CCC(N5CCOCC5)CC4)cc3)c2n1.Cl.Cl. The van der Waals surface area contributed by atoms with Crippen LogP contribution in [0.1, 0.15) is 41.1 Å². The second kappa shape index (κ2) is 13.5. The summed E-state index contributed by atoms with van der Waals surface area (Å²) in [6.45, 7) is 10.5. The highest BCUT2D eigenvalue weighted by molar-refractivity contribution is 5.85. The van der Waals surface area contributed by atoms with Crippen molar-refractivity contribution < 1.29 is 17.9 Å². The van der Waals surface area contributed by atoms with Crippen molar-refractivity contribution in [1.82, 2.24) is 24.3 Å². The minimum Gasteiger partial charge on any atom is -0.379 e. The number of benzene rings is 1. The van der Waals surface area contributed by atoms with Crippen molar-refractivity contribution in [3.63, 3.8) is 0 Å². The molecule has 39 heavy (non-hydrogen) atoms. The molecule has 214 valence electrons. The first-order chi connectivity index (χ1) is 17.8. The molecule has 2 saturated heterocycles. The normalized spacial score (nSPS) is 17.9. The zero-order chi connectivity index (χ0) is 26.0. The second-order valence-corrected chi connectivity index (χ2v) is 10.1. The molecule has 0 N–H and O–H groups in total. The van der Waals surface area contributed by atoms with Gasteiger partial charge in [0.15, 0.2) is 5.65 Å². The van der Waals surface area contributed by atoms with E-state index < -0.39 is 12.0 Å². The van der Waals surface area contributed by atoms with Gasteiger partial charge in [-0.05, 0) is 62.5 Å². The summed E-state index contributed by atoms with van der Waals surface area (Å²) >= 11 is 0. The topological polar surface area (TPSA) is 46.4 Å². The zero-order valence-corrected chi connectivity index (χ0v) is 23.9. The van der Waals surface area contributed by atoms with Crippen LogP contribution < -0.4 is 0 Å². The second-order valence-electron chi connectivity index (χ2n) is 10.1. The van der Waals surface area contributed by atoms with Gasteiger partial charge in [-0.15, -0.1) is 24.8 Å². The molecule has 6 nitrogen and oxygen atoms in total. The fourth-order valence-corrected chi connectivity index (χ4v) is 5.43. The van der Waals surface area contributed by atoms with Crippen molar-refractivity contribution in [2.45, 2.75) is 45.5 Å². The number of ether oxygens (including phenoxy) is 1. The predicted octanol–water partition coefficient (Wildman–Crippen LogP) is 5.77. The zero-order valence-electron chi connectivity index (χ0n) is 22.3. The Balaban J connectivity index is 0.00000210. The van der Waals surface area contributed by atoms with E-state index in [2.05, 4.69) is 31.9 Å². The van der Waals surface area contributed by atoms with Crippen molar-refractivity contribution >= 4 is 42.1 Å². The predicted molar refractivity (Wildman–Crippen MR) is 153 cm³/mol. The lowest BCUT2D eigenvalue weighted by Gasteiger charge is -2.39. The third-order valence-corrected chi connectivity index (χ3v) is 7.39. The van der Waals surface area contributed by atoms with Crippen LogP contribution in [0.25, 0.3) is 17.2 Å². The molecule has 2 fully saturated rings. The van der Waals surface area contributed by atoms with Crippen LogP contribution in [0.15, 0.2) is 36.4 Å². The van der Waals surface area contributed by atoms with E-state index >= 15 is 0 Å². The van der Waals surface area contributed by atoms with E-state index in [0.717, 1.165) is 57.1 Å². The summed E-state index contributed by atoms with van der Waals surface area (Å²) in [7, 11) is 0. The van der Waals surface area contributed by atoms with Gasteiger partial charge in [-0.25, -0.2) is 9.97 Å². The van der Waals surface area contributed by atoms with Crippen LogP contribution >= 0.6 is 24.8 Å². The molecule has 0 spiro atoms. The number of alkyl halides is 3. The molecule has 0 saturated carbocycles. The minimum atomic E-state index is -4.56. The maximum Gasteiger partial charge on any atom is 0.449 e. The summed E-state index contributed by atoms with van der Waals surface area (Å²) < 4.78 is 47.9. The summed E-state index contributed by atoms with van der Waals surface area (Å²) in [6.07, 6.45) is 2.09. The number of halogens is 5. The Morgan fingerprint density at radius 1 is 0.974 bits per heavy atom. The van der Waals surface area contributed by atoms with Crippen LogP contribution in [0.5, 0.6) is 0 Å². The Morgan fingerprint density at radius 3 is 2.28 bits per heavy atom. The molecule has 2 aromatic heterocycles. The molecule has 1 aromatic carbocycles. The van der Waals surface area contributed by atoms with Gasteiger partial charge in [0, 0.05) is 31.4 Å². The summed E-state index contributed by atoms with van der Waals surface area (Å²) in [5, 5.41) is 0. The molecule has 0 aliphatic carbocycles. The molecule has 11 heteroatoms. The molecule has 0 bridgehead atoms. The van der Waals surface area contributed by atoms with Crippen molar-refractivity contribution in [3.8, 4) is 0 Å². The Bertz CT molecular complexity index is 1250. The fourth-order valence-electron chi connectivity index (χ4n) is 5.43. The van der Waals surface area contributed by atoms with Crippen LogP contribution in [0.2, 0.25) is 0 Å². The van der Waals surface area contributed by atoms with E-state index in [0.29, 0.717) is 22.8 Å². The van der Waals surface area contributed by atoms with Crippen LogP contribution in [-0.2, 0) is 17.5 Å². The number of hydrogen-bond donors (Lipinski definition) is 0. The summed E-state index contributed by atoms with van der Waals surface area (Å²) in [4.78, 5) is 13.3. The van der Waals surface area contributed by atoms with Crippen molar-refractivity contribution in [1.29, 1.82) is 0 Å². The third-order valence-electron chi connectivity index (χ3n) is 7.39. The van der Waals surface area contributed by atoms with Gasteiger partial charge in [0.2, 0.25) is 5.82 Å². The number of pyridine rings is 1. The number of imidazole rings is 1. The first kappa shape index (κ1) is 31.4. The number of likely N-dealkylation sites (tertiary alicyclic amines) is 1. The molecule has 0 radical (unpaired) electrons. The number of rotatable bonds is 6. The minimum absolute atomic E-state index is 0. The standard InChI is InChI=1S/C28H34F3N5O.2ClH/c1-20-18-21(2)32-26-25(20)33-27(28(29,30)31)36(26)19-23-7-5-22(6-8-23)4-3-11-34-12-9-24(10-13-34)35-14-16-37-17-15-35;;/h3-8,18,24H,9-17,19H2,1-2H3;2*1H/b4-3+;;. The average molecular weight is 587 g/mol. The largest absolute Gasteiger partial charge is 0.449 e. The number of nitrogens with zero attached hydrogens (tertiary/aromatic N) is 5. The highest BCUT2D eigenvalue weighted by Crippen LogP contribution is 2.32. The number of hydrogen-bond acceptors (Lipinski definition) is 5. The first-order valence-electron chi connectivity index (χ1n) is 13.0. The van der Waals surface area contributed by atoms with Gasteiger partial charge in [0.25, 0.3) is 0 Å². The lowest BCUT2D eigenvalue weighted by Crippen LogP contribution is -2.48. The number of aromatic nitrogens is 3. The monoisotopic (exact) mass is 585 g/mol. The van der Waals surface area contributed by atoms with E-state index in [4.69, 9.17) is 4.74 Å². The Morgan fingerprint density at radius 2 is 1.64 bits per heavy atom. The van der Waals surface area contributed by atoms with E-state index in [1.54, 1.807) is 19.9 Å². The molecule has 0 unspecified atom stereocenters. The lowest BCUT2D eigenvalue weighted by molar-refractivity contribution is -0.146. The number of piperidine rings is 1. The molecule has 2 aliphatic heterocycles. The van der Waals surface area contributed by atoms with Gasteiger partial charge in [-0.1, -0.05) is 36.4 Å². The van der Waals surface area contributed by atoms with E-state index in [1.165, 1.54) is 17.4 Å². The van der Waals surface area contributed by atoms with Gasteiger partial charge in [-0.3, -0.25) is 9.80 Å². The maximum absolute atomic E-state index is 13.8. The maximum atomic E-state index is 13.8. The molecule has 2 aliphatic rings. The number of aryl methyl sites for hydroxylation is 2. The Hall–Kier alpha value is -2.17. The first-order valence-corrected chi connectivity index (χ1v) is 13.0. The molecule has 3 aromatic rings. The molecular weight excluding hydrogens is 550 g/mol. The number of morpholine rings is 1. The lowest BCUT2D eigenvalue weighted by atomic mass is 10.0. The summed E-state index contributed by atoms with van der Waals surface area (Å²) in [5.74, 6) is -0.912. The highest BCUT2D eigenvalue weighted by atomic mass is 35.5. The highest BCUT2D eigenvalue weighted by Gasteiger charge is 2.38. The van der Waals surface area contributed by atoms with Crippen molar-refractivity contribution in [2.24, 2.45) is 0 Å². The van der Waals surface area contributed by atoms with E-state index in [1.807, 2.05) is 24.3 Å². The molecular formula is C28H36Cl2F3N5O. The molecule has 5 rings (SSSR count). The number of fused-ring (bicyclic) bond motifs is 1. The Labute approximate surface area is 240 Å². The van der Waals surface area contributed by atoms with Crippen LogP contribution in [0.3, 0.4) is 0 Å². The fraction of sp³-hybridized carbons (Fsp3) is 0.500. The van der Waals surface area contributed by atoms with Crippen molar-refractivity contribution in [2.75, 3.05) is 45.9 Å². The average Bonchev–Trinajstić information content (AvgIpc) is 3.25. The Kier molecular flexibility index (Phi) is 10.8. The summed E-state index contributed by atoms with van der Waals surface area (Å²) in [6, 6.07) is 10.1. The van der Waals surface area contributed by atoms with Gasteiger partial charge in [0.05, 0.1) is 19.8 Å². The van der Waals surface area contributed by atoms with Gasteiger partial charge in [-0.2, -0.15) is 13.2 Å². The molecule has 4 heterocycles. The third kappa shape index (κ3) is 7.52. The summed E-state index contributed by atoms with van der Waals surface area (Å²) in [5.41, 5.74) is 3.73.